The van der Waals surface area contributed by atoms with Crippen molar-refractivity contribution in [1.82, 2.24) is 14.5 Å². The smallest absolute Gasteiger partial charge is 0.254 e. The van der Waals surface area contributed by atoms with E-state index in [9.17, 15) is 4.79 Å². The Morgan fingerprint density at radius 1 is 1.03 bits per heavy atom. The fraction of sp³-hybridized carbons (Fsp3) is 0.286. The second-order valence-electron chi connectivity index (χ2n) is 8.87. The highest BCUT2D eigenvalue weighted by Crippen LogP contribution is 2.33. The van der Waals surface area contributed by atoms with Crippen LogP contribution in [0.15, 0.2) is 78.9 Å². The number of nitrogens with zero attached hydrogens (tertiary/aromatic N) is 3. The van der Waals surface area contributed by atoms with Crippen LogP contribution >= 0.6 is 11.6 Å². The number of halogens is 1. The van der Waals surface area contributed by atoms with Gasteiger partial charge in [0, 0.05) is 23.7 Å². The number of para-hydroxylation sites is 2. The molecule has 0 radical (unpaired) electrons. The van der Waals surface area contributed by atoms with Gasteiger partial charge in [0.1, 0.15) is 5.82 Å². The van der Waals surface area contributed by atoms with Crippen molar-refractivity contribution >= 4 is 28.5 Å². The summed E-state index contributed by atoms with van der Waals surface area (Å²) in [7, 11) is 0. The van der Waals surface area contributed by atoms with Crippen molar-refractivity contribution < 1.29 is 4.79 Å². The summed E-state index contributed by atoms with van der Waals surface area (Å²) in [6.07, 6.45) is 0.703. The molecule has 0 bridgehead atoms. The lowest BCUT2D eigenvalue weighted by molar-refractivity contribution is 0.0605. The Morgan fingerprint density at radius 2 is 1.76 bits per heavy atom. The Labute approximate surface area is 206 Å². The average molecular weight is 475 g/mol. The minimum atomic E-state index is -0.228. The van der Waals surface area contributed by atoms with E-state index in [1.54, 1.807) is 12.1 Å². The molecule has 5 nitrogen and oxygen atoms in total. The van der Waals surface area contributed by atoms with E-state index in [0.29, 0.717) is 36.6 Å². The molecule has 0 aliphatic heterocycles. The average Bonchev–Trinajstić information content (AvgIpc) is 3.19. The molecule has 0 fully saturated rings. The van der Waals surface area contributed by atoms with E-state index in [1.807, 2.05) is 53.4 Å². The maximum Gasteiger partial charge on any atom is 0.254 e. The molecule has 0 spiro atoms. The molecule has 6 heteroatoms. The van der Waals surface area contributed by atoms with Gasteiger partial charge in [-0.15, -0.1) is 0 Å². The second kappa shape index (κ2) is 10.9. The van der Waals surface area contributed by atoms with Crippen LogP contribution in [-0.4, -0.2) is 33.4 Å². The maximum atomic E-state index is 13.8. The summed E-state index contributed by atoms with van der Waals surface area (Å²) in [4.78, 5) is 20.8. The van der Waals surface area contributed by atoms with Crippen molar-refractivity contribution in [3.05, 3.63) is 101 Å². The van der Waals surface area contributed by atoms with Crippen LogP contribution in [0.5, 0.6) is 0 Å². The van der Waals surface area contributed by atoms with Gasteiger partial charge in [-0.1, -0.05) is 74.0 Å². The number of aromatic nitrogens is 2. The van der Waals surface area contributed by atoms with Gasteiger partial charge in [0.2, 0.25) is 0 Å². The van der Waals surface area contributed by atoms with Crippen LogP contribution < -0.4 is 5.73 Å². The van der Waals surface area contributed by atoms with Crippen LogP contribution in [0.2, 0.25) is 5.02 Å². The molecular weight excluding hydrogens is 444 g/mol. The third-order valence-electron chi connectivity index (χ3n) is 6.03. The lowest BCUT2D eigenvalue weighted by atomic mass is 9.99. The zero-order valence-electron chi connectivity index (χ0n) is 19.7. The third kappa shape index (κ3) is 5.16. The maximum absolute atomic E-state index is 13.8. The number of benzene rings is 3. The predicted octanol–water partition coefficient (Wildman–Crippen LogP) is 5.93. The van der Waals surface area contributed by atoms with Gasteiger partial charge < -0.3 is 15.2 Å². The second-order valence-corrected chi connectivity index (χ2v) is 9.31. The van der Waals surface area contributed by atoms with Crippen LogP contribution in [0.3, 0.4) is 0 Å². The third-order valence-corrected chi connectivity index (χ3v) is 6.27. The van der Waals surface area contributed by atoms with Gasteiger partial charge in [0.05, 0.1) is 17.1 Å². The number of hydrogen-bond acceptors (Lipinski definition) is 3. The summed E-state index contributed by atoms with van der Waals surface area (Å²) in [6.45, 7) is 5.99. The van der Waals surface area contributed by atoms with Crippen molar-refractivity contribution in [2.75, 3.05) is 13.1 Å². The van der Waals surface area contributed by atoms with E-state index in [4.69, 9.17) is 22.3 Å². The molecule has 0 aliphatic rings. The fourth-order valence-corrected chi connectivity index (χ4v) is 4.66. The highest BCUT2D eigenvalue weighted by Gasteiger charge is 2.32. The van der Waals surface area contributed by atoms with E-state index >= 15 is 0 Å². The highest BCUT2D eigenvalue weighted by molar-refractivity contribution is 6.30. The summed E-state index contributed by atoms with van der Waals surface area (Å²) >= 11 is 6.22. The minimum Gasteiger partial charge on any atom is -0.330 e. The van der Waals surface area contributed by atoms with Crippen LogP contribution in [0, 0.1) is 5.92 Å². The summed E-state index contributed by atoms with van der Waals surface area (Å²) in [5.41, 5.74) is 9.60. The molecule has 0 saturated carbocycles. The first kappa shape index (κ1) is 24.0. The molecule has 3 aromatic carbocycles. The number of rotatable bonds is 9. The molecule has 0 saturated heterocycles. The molecule has 1 heterocycles. The van der Waals surface area contributed by atoms with Crippen LogP contribution in [-0.2, 0) is 6.54 Å². The number of imidazole rings is 1. The zero-order valence-corrected chi connectivity index (χ0v) is 20.4. The molecule has 2 N–H and O–H groups in total. The van der Waals surface area contributed by atoms with Crippen molar-refractivity contribution in [3.8, 4) is 0 Å². The first-order valence-electron chi connectivity index (χ1n) is 11.7. The topological polar surface area (TPSA) is 64.2 Å². The highest BCUT2D eigenvalue weighted by atomic mass is 35.5. The molecular formula is C28H31ClN4O. The lowest BCUT2D eigenvalue weighted by Gasteiger charge is -2.34. The standard InChI is InChI=1S/C28H31ClN4O/c1-20(2)26(32(17-9-16-30)28(34)22-12-8-13-23(29)18-22)27-31-24-14-6-7-15-25(24)33(27)19-21-10-4-3-5-11-21/h3-8,10-15,18,20,26H,9,16-17,19,30H2,1-2H3/t26-/m1/s1. The fourth-order valence-electron chi connectivity index (χ4n) is 4.47. The quantitative estimate of drug-likeness (QED) is 0.327. The summed E-state index contributed by atoms with van der Waals surface area (Å²) in [5.74, 6) is 0.952. The van der Waals surface area contributed by atoms with Crippen LogP contribution in [0.25, 0.3) is 11.0 Å². The van der Waals surface area contributed by atoms with Crippen molar-refractivity contribution in [1.29, 1.82) is 0 Å². The largest absolute Gasteiger partial charge is 0.330 e. The van der Waals surface area contributed by atoms with Gasteiger partial charge in [0.25, 0.3) is 5.91 Å². The Balaban J connectivity index is 1.84. The van der Waals surface area contributed by atoms with E-state index in [1.165, 1.54) is 5.56 Å². The molecule has 0 aliphatic carbocycles. The molecule has 0 unspecified atom stereocenters. The Morgan fingerprint density at radius 3 is 2.47 bits per heavy atom. The first-order valence-corrected chi connectivity index (χ1v) is 12.1. The van der Waals surface area contributed by atoms with E-state index < -0.39 is 0 Å². The summed E-state index contributed by atoms with van der Waals surface area (Å²) in [6, 6.07) is 25.4. The lowest BCUT2D eigenvalue weighted by Crippen LogP contribution is -2.40. The van der Waals surface area contributed by atoms with E-state index in [-0.39, 0.29) is 17.9 Å². The van der Waals surface area contributed by atoms with Gasteiger partial charge in [-0.25, -0.2) is 4.98 Å². The number of carbonyl (C=O) groups is 1. The Hall–Kier alpha value is -3.15. The van der Waals surface area contributed by atoms with Gasteiger partial charge in [0.15, 0.2) is 0 Å². The molecule has 34 heavy (non-hydrogen) atoms. The zero-order chi connectivity index (χ0) is 24.1. The molecule has 4 aromatic rings. The Kier molecular flexibility index (Phi) is 7.66. The number of hydrogen-bond donors (Lipinski definition) is 1. The van der Waals surface area contributed by atoms with E-state index in [2.05, 4.69) is 36.6 Å². The molecule has 1 aromatic heterocycles. The van der Waals surface area contributed by atoms with Crippen molar-refractivity contribution in [2.45, 2.75) is 32.9 Å². The van der Waals surface area contributed by atoms with Gasteiger partial charge in [-0.2, -0.15) is 0 Å². The van der Waals surface area contributed by atoms with Crippen LogP contribution in [0.4, 0.5) is 0 Å². The Bertz CT molecular complexity index is 1250. The molecule has 1 amide bonds. The number of nitrogens with two attached hydrogens (primary N) is 1. The van der Waals surface area contributed by atoms with Crippen molar-refractivity contribution in [3.63, 3.8) is 0 Å². The number of amides is 1. The van der Waals surface area contributed by atoms with Crippen LogP contribution in [0.1, 0.15) is 48.1 Å². The van der Waals surface area contributed by atoms with E-state index in [0.717, 1.165) is 16.9 Å². The van der Waals surface area contributed by atoms with Crippen molar-refractivity contribution in [2.24, 2.45) is 11.7 Å². The molecule has 176 valence electrons. The van der Waals surface area contributed by atoms with Gasteiger partial charge >= 0.3 is 0 Å². The van der Waals surface area contributed by atoms with Gasteiger partial charge in [-0.3, -0.25) is 4.79 Å². The van der Waals surface area contributed by atoms with Gasteiger partial charge in [-0.05, 0) is 54.8 Å². The number of carbonyl (C=O) groups excluding carboxylic acids is 1. The normalized spacial score (nSPS) is 12.3. The molecule has 1 atom stereocenters. The molecule has 4 rings (SSSR count). The first-order chi connectivity index (χ1) is 16.5. The monoisotopic (exact) mass is 474 g/mol. The minimum absolute atomic E-state index is 0.0621. The summed E-state index contributed by atoms with van der Waals surface area (Å²) in [5, 5.41) is 0.544. The number of fused-ring (bicyclic) bond motifs is 1. The SMILES string of the molecule is CC(C)[C@H](c1nc2ccccc2n1Cc1ccccc1)N(CCCN)C(=O)c1cccc(Cl)c1. The summed E-state index contributed by atoms with van der Waals surface area (Å²) < 4.78 is 2.25. The predicted molar refractivity (Wildman–Crippen MR) is 139 cm³/mol.